The quantitative estimate of drug-likeness (QED) is 0.624. The third-order valence-electron chi connectivity index (χ3n) is 2.41. The molecule has 0 spiro atoms. The first kappa shape index (κ1) is 16.7. The van der Waals surface area contributed by atoms with Gasteiger partial charge in [-0.3, -0.25) is 0 Å². The summed E-state index contributed by atoms with van der Waals surface area (Å²) in [6.07, 6.45) is 0. The van der Waals surface area contributed by atoms with Crippen LogP contribution in [0.3, 0.4) is 0 Å². The molecule has 0 saturated heterocycles. The van der Waals surface area contributed by atoms with Crippen molar-refractivity contribution >= 4 is 15.5 Å². The van der Waals surface area contributed by atoms with E-state index >= 15 is 0 Å². The molecule has 20 heavy (non-hydrogen) atoms. The highest BCUT2D eigenvalue weighted by molar-refractivity contribution is 7.92. The number of alkyl halides is 3. The molecule has 0 aliphatic carbocycles. The van der Waals surface area contributed by atoms with Crippen LogP contribution in [0.1, 0.15) is 6.92 Å². The Morgan fingerprint density at radius 3 is 2.40 bits per heavy atom. The summed E-state index contributed by atoms with van der Waals surface area (Å²) in [5.41, 5.74) is -5.75. The summed E-state index contributed by atoms with van der Waals surface area (Å²) in [5.74, 6) is -1.05. The molecule has 0 unspecified atom stereocenters. The van der Waals surface area contributed by atoms with Crippen LogP contribution >= 0.6 is 0 Å². The molecule has 4 nitrogen and oxygen atoms in total. The predicted molar refractivity (Wildman–Crippen MR) is 66.7 cm³/mol. The van der Waals surface area contributed by atoms with E-state index in [-0.39, 0.29) is 12.2 Å². The fourth-order valence-electron chi connectivity index (χ4n) is 1.45. The molecule has 0 aliphatic rings. The lowest BCUT2D eigenvalue weighted by molar-refractivity contribution is -0.0435. The second kappa shape index (κ2) is 6.40. The Morgan fingerprint density at radius 2 is 1.85 bits per heavy atom. The van der Waals surface area contributed by atoms with Gasteiger partial charge in [-0.2, -0.15) is 13.2 Å². The lowest BCUT2D eigenvalue weighted by Gasteiger charge is -2.14. The highest BCUT2D eigenvalue weighted by atomic mass is 32.2. The van der Waals surface area contributed by atoms with Gasteiger partial charge in [0.05, 0.1) is 5.69 Å². The predicted octanol–water partition coefficient (Wildman–Crippen LogP) is 2.14. The van der Waals surface area contributed by atoms with Crippen molar-refractivity contribution in [2.45, 2.75) is 17.3 Å². The molecular weight excluding hydrogens is 300 g/mol. The van der Waals surface area contributed by atoms with Crippen molar-refractivity contribution in [3.63, 3.8) is 0 Å². The SMILES string of the molecule is CCNCCNc1ccc(F)cc1S(=O)(=O)C(F)(F)F. The molecule has 0 aromatic heterocycles. The van der Waals surface area contributed by atoms with Gasteiger partial charge in [0.25, 0.3) is 9.84 Å². The molecular formula is C11H14F4N2O2S. The van der Waals surface area contributed by atoms with Crippen LogP contribution in [0.4, 0.5) is 23.2 Å². The first-order valence-electron chi connectivity index (χ1n) is 5.75. The number of hydrogen-bond acceptors (Lipinski definition) is 4. The lowest BCUT2D eigenvalue weighted by atomic mass is 10.3. The standard InChI is InChI=1S/C11H14F4N2O2S/c1-2-16-5-6-17-9-4-3-8(12)7-10(9)20(18,19)11(13,14)15/h3-4,7,16-17H,2,5-6H2,1H3. The average Bonchev–Trinajstić information content (AvgIpc) is 2.34. The van der Waals surface area contributed by atoms with Gasteiger partial charge in [0.15, 0.2) is 0 Å². The van der Waals surface area contributed by atoms with Gasteiger partial charge in [0.2, 0.25) is 0 Å². The zero-order valence-corrected chi connectivity index (χ0v) is 11.4. The fourth-order valence-corrected chi connectivity index (χ4v) is 2.40. The normalized spacial score (nSPS) is 12.4. The lowest BCUT2D eigenvalue weighted by Crippen LogP contribution is -2.26. The molecule has 114 valence electrons. The first-order valence-corrected chi connectivity index (χ1v) is 7.24. The number of nitrogens with one attached hydrogen (secondary N) is 2. The van der Waals surface area contributed by atoms with Crippen molar-refractivity contribution in [2.24, 2.45) is 0 Å². The average molecular weight is 314 g/mol. The third-order valence-corrected chi connectivity index (χ3v) is 3.93. The molecule has 0 saturated carbocycles. The maximum Gasteiger partial charge on any atom is 0.501 e. The second-order valence-electron chi connectivity index (χ2n) is 3.87. The van der Waals surface area contributed by atoms with E-state index < -0.39 is 26.1 Å². The van der Waals surface area contributed by atoms with Crippen LogP contribution in [0.5, 0.6) is 0 Å². The van der Waals surface area contributed by atoms with Crippen LogP contribution in [0, 0.1) is 5.82 Å². The smallest absolute Gasteiger partial charge is 0.383 e. The maximum atomic E-state index is 13.0. The third kappa shape index (κ3) is 3.83. The molecule has 1 aromatic rings. The summed E-state index contributed by atoms with van der Waals surface area (Å²) in [7, 11) is -5.60. The summed E-state index contributed by atoms with van der Waals surface area (Å²) in [5, 5.41) is 5.46. The van der Waals surface area contributed by atoms with Gasteiger partial charge in [0, 0.05) is 13.1 Å². The van der Waals surface area contributed by atoms with Gasteiger partial charge in [-0.05, 0) is 24.7 Å². The van der Waals surface area contributed by atoms with Crippen molar-refractivity contribution in [3.8, 4) is 0 Å². The van der Waals surface area contributed by atoms with E-state index in [1.54, 1.807) is 0 Å². The molecule has 0 bridgehead atoms. The molecule has 0 radical (unpaired) electrons. The number of benzene rings is 1. The van der Waals surface area contributed by atoms with Gasteiger partial charge in [-0.25, -0.2) is 12.8 Å². The summed E-state index contributed by atoms with van der Waals surface area (Å²) < 4.78 is 73.3. The minimum Gasteiger partial charge on any atom is -0.383 e. The van der Waals surface area contributed by atoms with Crippen LogP contribution in [0.2, 0.25) is 0 Å². The molecule has 0 fully saturated rings. The zero-order chi connectivity index (χ0) is 15.4. The molecule has 2 N–H and O–H groups in total. The van der Waals surface area contributed by atoms with E-state index in [4.69, 9.17) is 0 Å². The van der Waals surface area contributed by atoms with Gasteiger partial charge in [0.1, 0.15) is 10.7 Å². The summed E-state index contributed by atoms with van der Waals surface area (Å²) in [4.78, 5) is -1.11. The molecule has 0 atom stereocenters. The minimum atomic E-state index is -5.60. The van der Waals surface area contributed by atoms with Gasteiger partial charge in [-0.1, -0.05) is 6.92 Å². The van der Waals surface area contributed by atoms with Crippen molar-refractivity contribution < 1.29 is 26.0 Å². The van der Waals surface area contributed by atoms with Gasteiger partial charge in [-0.15, -0.1) is 0 Å². The zero-order valence-electron chi connectivity index (χ0n) is 10.6. The second-order valence-corrected chi connectivity index (χ2v) is 5.78. The van der Waals surface area contributed by atoms with Crippen LogP contribution in [-0.4, -0.2) is 33.6 Å². The number of sulfone groups is 1. The Hall–Kier alpha value is -1.35. The van der Waals surface area contributed by atoms with Crippen molar-refractivity contribution in [1.82, 2.24) is 5.32 Å². The largest absolute Gasteiger partial charge is 0.501 e. The summed E-state index contributed by atoms with van der Waals surface area (Å²) >= 11 is 0. The Balaban J connectivity index is 3.09. The first-order chi connectivity index (χ1) is 9.20. The Morgan fingerprint density at radius 1 is 1.20 bits per heavy atom. The topological polar surface area (TPSA) is 58.2 Å². The maximum absolute atomic E-state index is 13.0. The molecule has 0 amide bonds. The molecule has 0 aliphatic heterocycles. The molecule has 0 heterocycles. The van der Waals surface area contributed by atoms with Crippen LogP contribution in [0.25, 0.3) is 0 Å². The van der Waals surface area contributed by atoms with Crippen LogP contribution in [0.15, 0.2) is 23.1 Å². The summed E-state index contributed by atoms with van der Waals surface area (Å²) in [6.45, 7) is 3.15. The fraction of sp³-hybridized carbons (Fsp3) is 0.455. The van der Waals surface area contributed by atoms with E-state index in [9.17, 15) is 26.0 Å². The molecule has 9 heteroatoms. The van der Waals surface area contributed by atoms with E-state index in [1.807, 2.05) is 6.92 Å². The van der Waals surface area contributed by atoms with Gasteiger partial charge < -0.3 is 10.6 Å². The highest BCUT2D eigenvalue weighted by Gasteiger charge is 2.48. The summed E-state index contributed by atoms with van der Waals surface area (Å²) in [6, 6.07) is 2.23. The van der Waals surface area contributed by atoms with Crippen LogP contribution in [-0.2, 0) is 9.84 Å². The Bertz CT molecular complexity index is 558. The van der Waals surface area contributed by atoms with E-state index in [0.717, 1.165) is 12.1 Å². The van der Waals surface area contributed by atoms with Crippen molar-refractivity contribution in [2.75, 3.05) is 25.0 Å². The Kier molecular flexibility index (Phi) is 5.35. The van der Waals surface area contributed by atoms with Crippen LogP contribution < -0.4 is 10.6 Å². The van der Waals surface area contributed by atoms with E-state index in [0.29, 0.717) is 19.2 Å². The molecule has 1 rings (SSSR count). The monoisotopic (exact) mass is 314 g/mol. The van der Waals surface area contributed by atoms with Crippen molar-refractivity contribution in [1.29, 1.82) is 0 Å². The Labute approximate surface area is 114 Å². The van der Waals surface area contributed by atoms with E-state index in [2.05, 4.69) is 10.6 Å². The van der Waals surface area contributed by atoms with Gasteiger partial charge >= 0.3 is 5.51 Å². The van der Waals surface area contributed by atoms with E-state index in [1.165, 1.54) is 0 Å². The number of hydrogen-bond donors (Lipinski definition) is 2. The number of anilines is 1. The molecule has 1 aromatic carbocycles. The number of rotatable bonds is 6. The van der Waals surface area contributed by atoms with Crippen molar-refractivity contribution in [3.05, 3.63) is 24.0 Å². The number of likely N-dealkylation sites (N-methyl/N-ethyl adjacent to an activating group) is 1. The highest BCUT2D eigenvalue weighted by Crippen LogP contribution is 2.34. The minimum absolute atomic E-state index is 0.208. The number of halogens is 4.